The number of carbonyl (C=O) groups excluding carboxylic acids is 1. The molecule has 1 aliphatic rings. The number of carbonyl (C=O) groups is 1. The number of rotatable bonds is 8. The minimum atomic E-state index is -0.145. The molecule has 0 spiro atoms. The van der Waals surface area contributed by atoms with E-state index in [-0.39, 0.29) is 17.7 Å². The third kappa shape index (κ3) is 4.65. The van der Waals surface area contributed by atoms with Crippen LogP contribution in [-0.4, -0.2) is 56.0 Å². The van der Waals surface area contributed by atoms with E-state index in [0.717, 1.165) is 32.3 Å². The molecule has 28 heavy (non-hydrogen) atoms. The molecule has 0 radical (unpaired) electrons. The maximum Gasteiger partial charge on any atom is 0.276 e. The summed E-state index contributed by atoms with van der Waals surface area (Å²) < 4.78 is 21.9. The Labute approximate surface area is 165 Å². The highest BCUT2D eigenvalue weighted by atomic mass is 16.5. The van der Waals surface area contributed by atoms with Crippen molar-refractivity contribution in [3.05, 3.63) is 30.0 Å². The molecule has 1 aliphatic heterocycles. The van der Waals surface area contributed by atoms with E-state index in [9.17, 15) is 4.79 Å². The van der Waals surface area contributed by atoms with Crippen molar-refractivity contribution in [3.63, 3.8) is 0 Å². The van der Waals surface area contributed by atoms with Gasteiger partial charge in [0.15, 0.2) is 11.5 Å². The molecular formula is C21H28N2O5. The normalized spacial score (nSPS) is 16.6. The average molecular weight is 388 g/mol. The van der Waals surface area contributed by atoms with E-state index >= 15 is 0 Å². The zero-order valence-corrected chi connectivity index (χ0v) is 16.8. The molecule has 0 bridgehead atoms. The number of aromatic nitrogens is 1. The second kappa shape index (κ2) is 9.59. The summed E-state index contributed by atoms with van der Waals surface area (Å²) in [6.45, 7) is 4.06. The van der Waals surface area contributed by atoms with Crippen molar-refractivity contribution >= 4 is 5.91 Å². The molecule has 7 nitrogen and oxygen atoms in total. The quantitative estimate of drug-likeness (QED) is 0.685. The van der Waals surface area contributed by atoms with E-state index < -0.39 is 0 Å². The van der Waals surface area contributed by atoms with Crippen LogP contribution in [0, 0.1) is 0 Å². The molecule has 0 N–H and O–H groups in total. The monoisotopic (exact) mass is 388 g/mol. The topological polar surface area (TPSA) is 74.0 Å². The minimum absolute atomic E-state index is 0.0918. The number of ether oxygens (including phenoxy) is 3. The first-order chi connectivity index (χ1) is 13.7. The summed E-state index contributed by atoms with van der Waals surface area (Å²) in [5.74, 6) is 1.61. The predicted octanol–water partition coefficient (Wildman–Crippen LogP) is 3.78. The standard InChI is InChI=1S/C21H28N2O5/c1-4-10-23(14-16-7-5-6-11-27-16)21(24)18-13-20(28-22-18)17-12-15(25-2)8-9-19(17)26-3/h8-9,12-13,16H,4-7,10-11,14H2,1-3H3. The van der Waals surface area contributed by atoms with Crippen LogP contribution in [0.5, 0.6) is 11.5 Å². The van der Waals surface area contributed by atoms with Crippen LogP contribution in [0.1, 0.15) is 43.1 Å². The minimum Gasteiger partial charge on any atom is -0.497 e. The first-order valence-electron chi connectivity index (χ1n) is 9.76. The van der Waals surface area contributed by atoms with Gasteiger partial charge in [-0.05, 0) is 43.9 Å². The van der Waals surface area contributed by atoms with Crippen LogP contribution in [-0.2, 0) is 4.74 Å². The Balaban J connectivity index is 1.80. The molecule has 3 rings (SSSR count). The first-order valence-corrected chi connectivity index (χ1v) is 9.76. The van der Waals surface area contributed by atoms with E-state index in [1.807, 2.05) is 0 Å². The zero-order chi connectivity index (χ0) is 19.9. The average Bonchev–Trinajstić information content (AvgIpc) is 3.23. The van der Waals surface area contributed by atoms with Crippen molar-refractivity contribution in [2.45, 2.75) is 38.7 Å². The van der Waals surface area contributed by atoms with Crippen molar-refractivity contribution in [2.24, 2.45) is 0 Å². The fraction of sp³-hybridized carbons (Fsp3) is 0.524. The predicted molar refractivity (Wildman–Crippen MR) is 105 cm³/mol. The van der Waals surface area contributed by atoms with Gasteiger partial charge in [0, 0.05) is 25.8 Å². The summed E-state index contributed by atoms with van der Waals surface area (Å²) in [4.78, 5) is 14.8. The molecule has 1 saturated heterocycles. The van der Waals surface area contributed by atoms with Crippen molar-refractivity contribution < 1.29 is 23.5 Å². The molecule has 1 fully saturated rings. The summed E-state index contributed by atoms with van der Waals surface area (Å²) in [5, 5.41) is 4.02. The summed E-state index contributed by atoms with van der Waals surface area (Å²) in [7, 11) is 3.18. The van der Waals surface area contributed by atoms with Crippen LogP contribution < -0.4 is 9.47 Å². The van der Waals surface area contributed by atoms with Gasteiger partial charge in [-0.25, -0.2) is 0 Å². The molecule has 152 valence electrons. The molecule has 2 heterocycles. The Kier molecular flexibility index (Phi) is 6.92. The number of benzene rings is 1. The van der Waals surface area contributed by atoms with Gasteiger partial charge in [0.2, 0.25) is 0 Å². The van der Waals surface area contributed by atoms with Gasteiger partial charge in [0.1, 0.15) is 11.5 Å². The van der Waals surface area contributed by atoms with Crippen LogP contribution in [0.25, 0.3) is 11.3 Å². The highest BCUT2D eigenvalue weighted by molar-refractivity contribution is 5.93. The molecular weight excluding hydrogens is 360 g/mol. The van der Waals surface area contributed by atoms with Crippen LogP contribution in [0.2, 0.25) is 0 Å². The molecule has 1 unspecified atom stereocenters. The largest absolute Gasteiger partial charge is 0.497 e. The smallest absolute Gasteiger partial charge is 0.276 e. The van der Waals surface area contributed by atoms with E-state index in [2.05, 4.69) is 12.1 Å². The lowest BCUT2D eigenvalue weighted by atomic mass is 10.1. The Bertz CT molecular complexity index is 783. The maximum atomic E-state index is 13.0. The van der Waals surface area contributed by atoms with E-state index in [4.69, 9.17) is 18.7 Å². The maximum absolute atomic E-state index is 13.0. The molecule has 1 atom stereocenters. The molecule has 7 heteroatoms. The summed E-state index contributed by atoms with van der Waals surface area (Å²) >= 11 is 0. The third-order valence-corrected chi connectivity index (χ3v) is 4.88. The first kappa shape index (κ1) is 20.2. The Morgan fingerprint density at radius 1 is 1.25 bits per heavy atom. The van der Waals surface area contributed by atoms with Crippen LogP contribution in [0.4, 0.5) is 0 Å². The van der Waals surface area contributed by atoms with Crippen molar-refractivity contribution in [3.8, 4) is 22.8 Å². The number of methoxy groups -OCH3 is 2. The second-order valence-electron chi connectivity index (χ2n) is 6.88. The van der Waals surface area contributed by atoms with Crippen LogP contribution in [0.3, 0.4) is 0 Å². The SMILES string of the molecule is CCCN(CC1CCCCO1)C(=O)c1cc(-c2cc(OC)ccc2OC)on1. The number of hydrogen-bond acceptors (Lipinski definition) is 6. The highest BCUT2D eigenvalue weighted by Gasteiger charge is 2.25. The van der Waals surface area contributed by atoms with Gasteiger partial charge in [0.25, 0.3) is 5.91 Å². The van der Waals surface area contributed by atoms with Gasteiger partial charge >= 0.3 is 0 Å². The lowest BCUT2D eigenvalue weighted by Crippen LogP contribution is -2.40. The fourth-order valence-electron chi connectivity index (χ4n) is 3.41. The third-order valence-electron chi connectivity index (χ3n) is 4.88. The Morgan fingerprint density at radius 3 is 2.79 bits per heavy atom. The van der Waals surface area contributed by atoms with Crippen molar-refractivity contribution in [1.29, 1.82) is 0 Å². The van der Waals surface area contributed by atoms with Crippen LogP contribution in [0.15, 0.2) is 28.8 Å². The van der Waals surface area contributed by atoms with Gasteiger partial charge in [-0.15, -0.1) is 0 Å². The lowest BCUT2D eigenvalue weighted by Gasteiger charge is -2.29. The molecule has 0 saturated carbocycles. The fourth-order valence-corrected chi connectivity index (χ4v) is 3.41. The second-order valence-corrected chi connectivity index (χ2v) is 6.88. The van der Waals surface area contributed by atoms with Crippen molar-refractivity contribution in [1.82, 2.24) is 10.1 Å². The lowest BCUT2D eigenvalue weighted by molar-refractivity contribution is -0.00402. The van der Waals surface area contributed by atoms with E-state index in [0.29, 0.717) is 35.9 Å². The summed E-state index contributed by atoms with van der Waals surface area (Å²) in [6.07, 6.45) is 4.18. The number of nitrogens with zero attached hydrogens (tertiary/aromatic N) is 2. The Hall–Kier alpha value is -2.54. The van der Waals surface area contributed by atoms with Crippen molar-refractivity contribution in [2.75, 3.05) is 33.9 Å². The molecule has 0 aliphatic carbocycles. The Morgan fingerprint density at radius 2 is 2.11 bits per heavy atom. The van der Waals surface area contributed by atoms with Gasteiger partial charge in [-0.1, -0.05) is 12.1 Å². The molecule has 1 aromatic heterocycles. The van der Waals surface area contributed by atoms with E-state index in [1.54, 1.807) is 43.4 Å². The molecule has 2 aromatic rings. The van der Waals surface area contributed by atoms with E-state index in [1.165, 1.54) is 0 Å². The summed E-state index contributed by atoms with van der Waals surface area (Å²) in [6, 6.07) is 7.05. The van der Waals surface area contributed by atoms with Crippen LogP contribution >= 0.6 is 0 Å². The number of hydrogen-bond donors (Lipinski definition) is 0. The zero-order valence-electron chi connectivity index (χ0n) is 16.8. The number of amides is 1. The van der Waals surface area contributed by atoms with Gasteiger partial charge in [-0.3, -0.25) is 4.79 Å². The van der Waals surface area contributed by atoms with Gasteiger partial charge in [-0.2, -0.15) is 0 Å². The van der Waals surface area contributed by atoms with Gasteiger partial charge in [0.05, 0.1) is 25.9 Å². The highest BCUT2D eigenvalue weighted by Crippen LogP contribution is 2.34. The van der Waals surface area contributed by atoms with Gasteiger partial charge < -0.3 is 23.6 Å². The molecule has 1 aromatic carbocycles. The summed E-state index contributed by atoms with van der Waals surface area (Å²) in [5.41, 5.74) is 0.968. The molecule has 1 amide bonds.